The van der Waals surface area contributed by atoms with Crippen LogP contribution in [-0.4, -0.2) is 60.9 Å². The molecule has 1 saturated heterocycles. The van der Waals surface area contributed by atoms with Gasteiger partial charge in [0.2, 0.25) is 0 Å². The molecule has 0 aromatic carbocycles. The van der Waals surface area contributed by atoms with Gasteiger partial charge in [0.25, 0.3) is 0 Å². The summed E-state index contributed by atoms with van der Waals surface area (Å²) in [5, 5.41) is 37.5. The van der Waals surface area contributed by atoms with Crippen molar-refractivity contribution in [3.05, 3.63) is 34.6 Å². The summed E-state index contributed by atoms with van der Waals surface area (Å²) < 4.78 is 7.11. The summed E-state index contributed by atoms with van der Waals surface area (Å²) in [6.07, 6.45) is -2.51. The fourth-order valence-corrected chi connectivity index (χ4v) is 2.76. The van der Waals surface area contributed by atoms with Gasteiger partial charge in [-0.15, -0.1) is 0 Å². The minimum Gasteiger partial charge on any atom is -0.393 e. The quantitative estimate of drug-likeness (QED) is 0.322. The molecule has 3 heterocycles. The average molecular weight is 321 g/mol. The van der Waals surface area contributed by atoms with E-state index < -0.39 is 30.5 Å². The molecule has 0 aliphatic carbocycles. The number of aromatic nitrogens is 3. The largest absolute Gasteiger partial charge is 0.393 e. The highest BCUT2D eigenvalue weighted by atomic mass is 16.6. The Morgan fingerprint density at radius 2 is 2.26 bits per heavy atom. The molecule has 4 atom stereocenters. The molecule has 0 spiro atoms. The van der Waals surface area contributed by atoms with E-state index in [0.29, 0.717) is 11.2 Å². The molecule has 0 bridgehead atoms. The molecule has 0 unspecified atom stereocenters. The van der Waals surface area contributed by atoms with Crippen molar-refractivity contribution in [3.63, 3.8) is 0 Å². The fraction of sp³-hybridized carbons (Fsp3) is 0.500. The Hall–Kier alpha value is -2.43. The second-order valence-electron chi connectivity index (χ2n) is 5.29. The van der Waals surface area contributed by atoms with Gasteiger partial charge in [-0.05, 0) is 17.7 Å². The van der Waals surface area contributed by atoms with Gasteiger partial charge < -0.3 is 25.8 Å². The van der Waals surface area contributed by atoms with Gasteiger partial charge in [0.15, 0.2) is 5.82 Å². The van der Waals surface area contributed by atoms with Crippen molar-refractivity contribution in [3.8, 4) is 0 Å². The Balaban J connectivity index is 2.03. The maximum Gasteiger partial charge on any atom is 0.151 e. The van der Waals surface area contributed by atoms with Crippen LogP contribution in [0.15, 0.2) is 23.6 Å². The lowest BCUT2D eigenvalue weighted by molar-refractivity contribution is -0.106. The van der Waals surface area contributed by atoms with E-state index in [-0.39, 0.29) is 12.4 Å². The molecule has 2 aromatic rings. The zero-order valence-electron chi connectivity index (χ0n) is 11.9. The first-order valence-electron chi connectivity index (χ1n) is 6.78. The molecule has 5 N–H and O–H groups in total. The Kier molecular flexibility index (Phi) is 3.80. The average Bonchev–Trinajstić information content (AvgIpc) is 3.09. The van der Waals surface area contributed by atoms with Crippen molar-refractivity contribution in [1.82, 2.24) is 14.6 Å². The van der Waals surface area contributed by atoms with Gasteiger partial charge >= 0.3 is 0 Å². The van der Waals surface area contributed by atoms with Crippen molar-refractivity contribution in [2.24, 2.45) is 5.11 Å². The third-order valence-electron chi connectivity index (χ3n) is 4.01. The molecule has 23 heavy (non-hydrogen) atoms. The second kappa shape index (κ2) is 5.65. The highest BCUT2D eigenvalue weighted by Gasteiger charge is 2.54. The van der Waals surface area contributed by atoms with E-state index in [1.807, 2.05) is 0 Å². The predicted octanol–water partition coefficient (Wildman–Crippen LogP) is -0.854. The smallest absolute Gasteiger partial charge is 0.151 e. The van der Waals surface area contributed by atoms with Crippen LogP contribution in [0.1, 0.15) is 11.8 Å². The minimum absolute atomic E-state index is 0.252. The predicted molar refractivity (Wildman–Crippen MR) is 77.1 cm³/mol. The number of fused-ring (bicyclic) bond motifs is 1. The summed E-state index contributed by atoms with van der Waals surface area (Å²) in [7, 11) is 0. The van der Waals surface area contributed by atoms with E-state index in [9.17, 15) is 15.3 Å². The number of ether oxygens (including phenoxy) is 1. The van der Waals surface area contributed by atoms with Gasteiger partial charge in [-0.2, -0.15) is 5.10 Å². The van der Waals surface area contributed by atoms with E-state index >= 15 is 0 Å². The number of nitrogens with zero attached hydrogens (tertiary/aromatic N) is 6. The van der Waals surface area contributed by atoms with E-state index in [1.54, 1.807) is 12.1 Å². The first kappa shape index (κ1) is 15.5. The van der Waals surface area contributed by atoms with Gasteiger partial charge in [-0.3, -0.25) is 0 Å². The van der Waals surface area contributed by atoms with Gasteiger partial charge in [0, 0.05) is 4.91 Å². The van der Waals surface area contributed by atoms with Crippen molar-refractivity contribution in [2.75, 3.05) is 18.9 Å². The summed E-state index contributed by atoms with van der Waals surface area (Å²) >= 11 is 0. The number of aliphatic hydroxyl groups excluding tert-OH is 3. The summed E-state index contributed by atoms with van der Waals surface area (Å²) in [6, 6.07) is 3.28. The normalized spacial score (nSPS) is 30.5. The zero-order chi connectivity index (χ0) is 16.6. The third kappa shape index (κ3) is 2.27. The van der Waals surface area contributed by atoms with Crippen LogP contribution >= 0.6 is 0 Å². The zero-order valence-corrected chi connectivity index (χ0v) is 11.9. The standard InChI is InChI=1S/C12H15N7O4/c13-11-7-2-1-6(19(7)17-5-15-11)9-8(21)10(22)12(4-20,23-9)3-16-18-14/h1-2,5,8-10,20-22H,3-4H2,(H2,13,15,17)/t8-,9-,10-,12+/m0/s1. The molecule has 2 aromatic heterocycles. The van der Waals surface area contributed by atoms with Gasteiger partial charge in [-0.25, -0.2) is 9.50 Å². The number of anilines is 1. The van der Waals surface area contributed by atoms with Crippen LogP contribution in [0.5, 0.6) is 0 Å². The van der Waals surface area contributed by atoms with E-state index in [1.165, 1.54) is 10.8 Å². The Bertz CT molecular complexity index is 774. The summed E-state index contributed by atoms with van der Waals surface area (Å²) in [6.45, 7) is -0.948. The molecule has 0 amide bonds. The van der Waals surface area contributed by atoms with Crippen LogP contribution in [0.2, 0.25) is 0 Å². The van der Waals surface area contributed by atoms with Gasteiger partial charge in [0.1, 0.15) is 35.8 Å². The molecule has 1 aliphatic rings. The van der Waals surface area contributed by atoms with E-state index in [0.717, 1.165) is 0 Å². The lowest BCUT2D eigenvalue weighted by Crippen LogP contribution is -2.48. The number of aliphatic hydroxyl groups is 3. The fourth-order valence-electron chi connectivity index (χ4n) is 2.76. The first-order valence-corrected chi connectivity index (χ1v) is 6.78. The Morgan fingerprint density at radius 1 is 1.48 bits per heavy atom. The molecule has 1 fully saturated rings. The lowest BCUT2D eigenvalue weighted by atomic mass is 9.95. The van der Waals surface area contributed by atoms with Crippen molar-refractivity contribution < 1.29 is 20.1 Å². The van der Waals surface area contributed by atoms with Gasteiger partial charge in [0.05, 0.1) is 18.8 Å². The number of azide groups is 1. The van der Waals surface area contributed by atoms with Crippen LogP contribution in [0.4, 0.5) is 5.82 Å². The highest BCUT2D eigenvalue weighted by Crippen LogP contribution is 2.40. The Morgan fingerprint density at radius 3 is 2.96 bits per heavy atom. The molecule has 3 rings (SSSR count). The van der Waals surface area contributed by atoms with Crippen molar-refractivity contribution in [2.45, 2.75) is 23.9 Å². The van der Waals surface area contributed by atoms with Crippen LogP contribution in [0.3, 0.4) is 0 Å². The van der Waals surface area contributed by atoms with Crippen LogP contribution < -0.4 is 5.73 Å². The first-order chi connectivity index (χ1) is 11.0. The van der Waals surface area contributed by atoms with Crippen LogP contribution in [0, 0.1) is 0 Å². The van der Waals surface area contributed by atoms with E-state index in [2.05, 4.69) is 20.1 Å². The van der Waals surface area contributed by atoms with Crippen LogP contribution in [0.25, 0.3) is 16.0 Å². The molecular weight excluding hydrogens is 306 g/mol. The number of nitrogens with two attached hydrogens (primary N) is 1. The van der Waals surface area contributed by atoms with Crippen LogP contribution in [-0.2, 0) is 4.74 Å². The highest BCUT2D eigenvalue weighted by molar-refractivity contribution is 5.65. The Labute approximate surface area is 129 Å². The number of rotatable bonds is 4. The SMILES string of the molecule is [N-]=[N+]=NC[C@]1(CO)O[C@@H](c2ccc3c(N)ncnn23)[C@H](O)[C@@H]1O. The number of nitrogen functional groups attached to an aromatic ring is 1. The lowest BCUT2D eigenvalue weighted by Gasteiger charge is -2.28. The molecule has 122 valence electrons. The molecular formula is C12H15N7O4. The number of hydrogen-bond acceptors (Lipinski definition) is 8. The number of hydrogen-bond donors (Lipinski definition) is 4. The molecule has 0 radical (unpaired) electrons. The molecule has 1 aliphatic heterocycles. The maximum absolute atomic E-state index is 10.3. The topological polar surface area (TPSA) is 175 Å². The summed E-state index contributed by atoms with van der Waals surface area (Å²) in [5.41, 5.74) is 13.6. The second-order valence-corrected chi connectivity index (χ2v) is 5.29. The third-order valence-corrected chi connectivity index (χ3v) is 4.01. The summed E-state index contributed by atoms with van der Waals surface area (Å²) in [5.74, 6) is 0.252. The molecule has 0 saturated carbocycles. The van der Waals surface area contributed by atoms with E-state index in [4.69, 9.17) is 16.0 Å². The van der Waals surface area contributed by atoms with Gasteiger partial charge in [-0.1, -0.05) is 5.11 Å². The van der Waals surface area contributed by atoms with Crippen molar-refractivity contribution in [1.29, 1.82) is 0 Å². The molecule has 11 heteroatoms. The minimum atomic E-state index is -1.58. The van der Waals surface area contributed by atoms with Crippen molar-refractivity contribution >= 4 is 11.3 Å². The maximum atomic E-state index is 10.3. The monoisotopic (exact) mass is 321 g/mol. The summed E-state index contributed by atoms with van der Waals surface area (Å²) in [4.78, 5) is 6.46. The molecule has 11 nitrogen and oxygen atoms in total.